The average molecular weight is 234 g/mol. The van der Waals surface area contributed by atoms with Crippen LogP contribution in [0.3, 0.4) is 0 Å². The van der Waals surface area contributed by atoms with Crippen LogP contribution in [0.2, 0.25) is 0 Å². The van der Waals surface area contributed by atoms with Gasteiger partial charge in [-0.05, 0) is 25.5 Å². The quantitative estimate of drug-likeness (QED) is 0.804. The molecule has 0 spiro atoms. The summed E-state index contributed by atoms with van der Waals surface area (Å²) in [5.41, 5.74) is 1.33. The van der Waals surface area contributed by atoms with Crippen LogP contribution in [0.15, 0.2) is 30.3 Å². The summed E-state index contributed by atoms with van der Waals surface area (Å²) in [6.45, 7) is 2.21. The Bertz CT molecular complexity index is 328. The van der Waals surface area contributed by atoms with E-state index in [9.17, 15) is 5.11 Å². The maximum atomic E-state index is 9.20. The molecule has 1 fully saturated rings. The molecular weight excluding hydrogens is 212 g/mol. The largest absolute Gasteiger partial charge is 0.395 e. The fourth-order valence-electron chi connectivity index (χ4n) is 2.54. The Kier molecular flexibility index (Phi) is 4.54. The molecule has 1 heterocycles. The van der Waals surface area contributed by atoms with E-state index in [4.69, 9.17) is 0 Å². The van der Waals surface area contributed by atoms with Gasteiger partial charge in [0.25, 0.3) is 0 Å². The van der Waals surface area contributed by atoms with Crippen LogP contribution in [0.1, 0.15) is 18.4 Å². The number of aliphatic hydroxyl groups excluding tert-OH is 1. The normalized spacial score (nSPS) is 25.3. The Morgan fingerprint density at radius 1 is 1.24 bits per heavy atom. The van der Waals surface area contributed by atoms with E-state index < -0.39 is 0 Å². The lowest BCUT2D eigenvalue weighted by Gasteiger charge is -2.24. The van der Waals surface area contributed by atoms with Crippen molar-refractivity contribution in [2.24, 2.45) is 0 Å². The van der Waals surface area contributed by atoms with Gasteiger partial charge in [-0.1, -0.05) is 30.3 Å². The van der Waals surface area contributed by atoms with E-state index in [0.717, 1.165) is 19.5 Å². The van der Waals surface area contributed by atoms with E-state index in [1.54, 1.807) is 0 Å². The molecule has 2 rings (SSSR count). The summed E-state index contributed by atoms with van der Waals surface area (Å²) >= 11 is 0. The smallest absolute Gasteiger partial charge is 0.0586 e. The van der Waals surface area contributed by atoms with Gasteiger partial charge in [0.1, 0.15) is 0 Å². The molecule has 1 aliphatic rings. The third kappa shape index (κ3) is 3.28. The Labute approximate surface area is 103 Å². The fraction of sp³-hybridized carbons (Fsp3) is 0.571. The lowest BCUT2D eigenvalue weighted by molar-refractivity contribution is 0.154. The van der Waals surface area contributed by atoms with Crippen molar-refractivity contribution in [3.05, 3.63) is 35.9 Å². The van der Waals surface area contributed by atoms with Gasteiger partial charge in [-0.25, -0.2) is 0 Å². The number of hydrogen-bond donors (Lipinski definition) is 2. The molecule has 94 valence electrons. The molecule has 1 aromatic carbocycles. The van der Waals surface area contributed by atoms with Crippen molar-refractivity contribution in [3.8, 4) is 0 Å². The second-order valence-corrected chi connectivity index (χ2v) is 4.85. The molecule has 0 bridgehead atoms. The van der Waals surface area contributed by atoms with E-state index in [-0.39, 0.29) is 6.61 Å². The van der Waals surface area contributed by atoms with Crippen LogP contribution >= 0.6 is 0 Å². The second-order valence-electron chi connectivity index (χ2n) is 4.85. The van der Waals surface area contributed by atoms with Crippen LogP contribution < -0.4 is 5.32 Å². The molecule has 0 saturated carbocycles. The Morgan fingerprint density at radius 2 is 1.94 bits per heavy atom. The molecule has 2 atom stereocenters. The Balaban J connectivity index is 1.73. The third-order valence-corrected chi connectivity index (χ3v) is 3.75. The number of likely N-dealkylation sites (tertiary alicyclic amines) is 1. The third-order valence-electron chi connectivity index (χ3n) is 3.75. The van der Waals surface area contributed by atoms with E-state index in [1.165, 1.54) is 12.0 Å². The summed E-state index contributed by atoms with van der Waals surface area (Å²) < 4.78 is 0. The highest BCUT2D eigenvalue weighted by Gasteiger charge is 2.28. The second kappa shape index (κ2) is 6.15. The molecule has 3 heteroatoms. The summed E-state index contributed by atoms with van der Waals surface area (Å²) in [7, 11) is 2.11. The highest BCUT2D eigenvalue weighted by Crippen LogP contribution is 2.21. The van der Waals surface area contributed by atoms with Crippen LogP contribution in [-0.4, -0.2) is 42.3 Å². The molecule has 0 amide bonds. The number of nitrogens with one attached hydrogen (secondary N) is 1. The van der Waals surface area contributed by atoms with E-state index in [2.05, 4.69) is 41.5 Å². The van der Waals surface area contributed by atoms with Gasteiger partial charge in [-0.2, -0.15) is 0 Å². The number of rotatable bonds is 5. The van der Waals surface area contributed by atoms with Gasteiger partial charge < -0.3 is 10.4 Å². The SMILES string of the molecule is CN1C(CO)CCC1CNCc1ccccc1. The number of aliphatic hydroxyl groups is 1. The molecule has 2 unspecified atom stereocenters. The molecule has 1 aromatic rings. The Hall–Kier alpha value is -0.900. The van der Waals surface area contributed by atoms with Gasteiger partial charge in [0, 0.05) is 25.2 Å². The minimum absolute atomic E-state index is 0.283. The molecular formula is C14H22N2O. The van der Waals surface area contributed by atoms with Crippen molar-refractivity contribution in [1.29, 1.82) is 0 Å². The summed E-state index contributed by atoms with van der Waals surface area (Å²) in [4.78, 5) is 2.30. The molecule has 0 radical (unpaired) electrons. The lowest BCUT2D eigenvalue weighted by atomic mass is 10.2. The summed E-state index contributed by atoms with van der Waals surface area (Å²) in [6.07, 6.45) is 2.30. The van der Waals surface area contributed by atoms with Crippen molar-refractivity contribution >= 4 is 0 Å². The molecule has 1 saturated heterocycles. The van der Waals surface area contributed by atoms with Crippen LogP contribution in [0.5, 0.6) is 0 Å². The van der Waals surface area contributed by atoms with Crippen molar-refractivity contribution in [1.82, 2.24) is 10.2 Å². The first-order valence-electron chi connectivity index (χ1n) is 6.38. The Morgan fingerprint density at radius 3 is 2.59 bits per heavy atom. The van der Waals surface area contributed by atoms with Crippen LogP contribution in [0, 0.1) is 0 Å². The summed E-state index contributed by atoms with van der Waals surface area (Å²) in [5.74, 6) is 0. The van der Waals surface area contributed by atoms with Gasteiger partial charge in [-0.15, -0.1) is 0 Å². The number of benzene rings is 1. The van der Waals surface area contributed by atoms with Gasteiger partial charge in [-0.3, -0.25) is 4.90 Å². The summed E-state index contributed by atoms with van der Waals surface area (Å²) in [6, 6.07) is 11.4. The van der Waals surface area contributed by atoms with Gasteiger partial charge in [0.05, 0.1) is 6.61 Å². The van der Waals surface area contributed by atoms with Gasteiger partial charge in [0.2, 0.25) is 0 Å². The molecule has 17 heavy (non-hydrogen) atoms. The van der Waals surface area contributed by atoms with Crippen molar-refractivity contribution in [2.45, 2.75) is 31.5 Å². The molecule has 0 aliphatic carbocycles. The predicted octanol–water partition coefficient (Wildman–Crippen LogP) is 1.23. The zero-order valence-electron chi connectivity index (χ0n) is 10.5. The standard InChI is InChI=1S/C14H22N2O/c1-16-13(7-8-14(16)11-17)10-15-9-12-5-3-2-4-6-12/h2-6,13-15,17H,7-11H2,1H3. The first-order valence-corrected chi connectivity index (χ1v) is 6.38. The number of nitrogens with zero attached hydrogens (tertiary/aromatic N) is 1. The first-order chi connectivity index (χ1) is 8.31. The molecule has 1 aliphatic heterocycles. The lowest BCUT2D eigenvalue weighted by Crippen LogP contribution is -2.40. The number of likely N-dealkylation sites (N-methyl/N-ethyl adjacent to an activating group) is 1. The average Bonchev–Trinajstić information content (AvgIpc) is 2.72. The van der Waals surface area contributed by atoms with Crippen molar-refractivity contribution in [2.75, 3.05) is 20.2 Å². The highest BCUT2D eigenvalue weighted by atomic mass is 16.3. The van der Waals surface area contributed by atoms with E-state index in [0.29, 0.717) is 12.1 Å². The maximum Gasteiger partial charge on any atom is 0.0586 e. The van der Waals surface area contributed by atoms with Crippen molar-refractivity contribution < 1.29 is 5.11 Å². The molecule has 0 aromatic heterocycles. The highest BCUT2D eigenvalue weighted by molar-refractivity contribution is 5.14. The molecule has 2 N–H and O–H groups in total. The predicted molar refractivity (Wildman–Crippen MR) is 69.8 cm³/mol. The zero-order chi connectivity index (χ0) is 12.1. The van der Waals surface area contributed by atoms with Crippen LogP contribution in [-0.2, 0) is 6.54 Å². The van der Waals surface area contributed by atoms with E-state index in [1.807, 2.05) is 6.07 Å². The van der Waals surface area contributed by atoms with Crippen LogP contribution in [0.4, 0.5) is 0 Å². The minimum Gasteiger partial charge on any atom is -0.395 e. The monoisotopic (exact) mass is 234 g/mol. The van der Waals surface area contributed by atoms with Gasteiger partial charge >= 0.3 is 0 Å². The van der Waals surface area contributed by atoms with Crippen molar-refractivity contribution in [3.63, 3.8) is 0 Å². The zero-order valence-corrected chi connectivity index (χ0v) is 10.5. The maximum absolute atomic E-state index is 9.20. The topological polar surface area (TPSA) is 35.5 Å². The minimum atomic E-state index is 0.283. The van der Waals surface area contributed by atoms with Crippen LogP contribution in [0.25, 0.3) is 0 Å². The summed E-state index contributed by atoms with van der Waals surface area (Å²) in [5, 5.41) is 12.7. The van der Waals surface area contributed by atoms with Gasteiger partial charge in [0.15, 0.2) is 0 Å². The fourth-order valence-corrected chi connectivity index (χ4v) is 2.54. The first kappa shape index (κ1) is 12.6. The number of hydrogen-bond acceptors (Lipinski definition) is 3. The molecule has 3 nitrogen and oxygen atoms in total. The van der Waals surface area contributed by atoms with E-state index >= 15 is 0 Å².